The lowest BCUT2D eigenvalue weighted by Gasteiger charge is -2.38. The number of allylic oxidation sites excluding steroid dienone is 3. The fourth-order valence-corrected chi connectivity index (χ4v) is 4.61. The van der Waals surface area contributed by atoms with Gasteiger partial charge in [0.25, 0.3) is 0 Å². The summed E-state index contributed by atoms with van der Waals surface area (Å²) in [6, 6.07) is 7.39. The minimum absolute atomic E-state index is 0.105. The van der Waals surface area contributed by atoms with E-state index in [0.717, 1.165) is 5.70 Å². The lowest BCUT2D eigenvalue weighted by atomic mass is 9.69. The smallest absolute Gasteiger partial charge is 0.336 e. The van der Waals surface area contributed by atoms with Crippen molar-refractivity contribution in [3.05, 3.63) is 52.4 Å². The molecule has 0 aromatic heterocycles. The molecule has 1 N–H and O–H groups in total. The summed E-state index contributed by atoms with van der Waals surface area (Å²) in [5.41, 5.74) is 2.80. The Labute approximate surface area is 195 Å². The molecule has 1 aliphatic carbocycles. The number of benzene rings is 1. The molecule has 3 rings (SSSR count). The Morgan fingerprint density at radius 3 is 2.55 bits per heavy atom. The van der Waals surface area contributed by atoms with Gasteiger partial charge in [-0.1, -0.05) is 32.0 Å². The van der Waals surface area contributed by atoms with Gasteiger partial charge in [-0.05, 0) is 45.6 Å². The van der Waals surface area contributed by atoms with E-state index in [9.17, 15) is 14.4 Å². The Kier molecular flexibility index (Phi) is 7.61. The predicted molar refractivity (Wildman–Crippen MR) is 123 cm³/mol. The Morgan fingerprint density at radius 1 is 1.21 bits per heavy atom. The average Bonchev–Trinajstić information content (AvgIpc) is 2.76. The largest absolute Gasteiger partial charge is 0.491 e. The fraction of sp³-hybridized carbons (Fsp3) is 0.500. The summed E-state index contributed by atoms with van der Waals surface area (Å²) in [5.74, 6) is -2.68. The van der Waals surface area contributed by atoms with Crippen LogP contribution in [0, 0.1) is 11.8 Å². The summed E-state index contributed by atoms with van der Waals surface area (Å²) in [6.07, 6.45) is 1.06. The summed E-state index contributed by atoms with van der Waals surface area (Å²) >= 11 is 0. The summed E-state index contributed by atoms with van der Waals surface area (Å²) in [7, 11) is 1.28. The number of nitrogens with one attached hydrogen (secondary N) is 1. The molecule has 7 nitrogen and oxygen atoms in total. The van der Waals surface area contributed by atoms with E-state index in [1.54, 1.807) is 0 Å². The molecule has 0 saturated carbocycles. The number of hydrogen-bond acceptors (Lipinski definition) is 7. The molecule has 3 atom stereocenters. The summed E-state index contributed by atoms with van der Waals surface area (Å²) in [5, 5.41) is 3.27. The topological polar surface area (TPSA) is 90.9 Å². The van der Waals surface area contributed by atoms with E-state index < -0.39 is 23.8 Å². The number of hydrogen-bond donors (Lipinski definition) is 1. The highest BCUT2D eigenvalue weighted by molar-refractivity contribution is 6.12. The second-order valence-corrected chi connectivity index (χ2v) is 8.88. The van der Waals surface area contributed by atoms with Gasteiger partial charge in [-0.2, -0.15) is 0 Å². The molecule has 1 heterocycles. The molecule has 33 heavy (non-hydrogen) atoms. The van der Waals surface area contributed by atoms with E-state index >= 15 is 0 Å². The Balaban J connectivity index is 2.22. The van der Waals surface area contributed by atoms with Crippen LogP contribution in [0.25, 0.3) is 0 Å². The Bertz CT molecular complexity index is 1010. The number of para-hydroxylation sites is 1. The van der Waals surface area contributed by atoms with Crippen molar-refractivity contribution in [1.29, 1.82) is 0 Å². The van der Waals surface area contributed by atoms with Gasteiger partial charge in [-0.15, -0.1) is 0 Å². The molecular weight excluding hydrogens is 422 g/mol. The van der Waals surface area contributed by atoms with E-state index in [-0.39, 0.29) is 24.4 Å². The van der Waals surface area contributed by atoms with Crippen LogP contribution in [0.15, 0.2) is 46.8 Å². The quantitative estimate of drug-likeness (QED) is 0.490. The summed E-state index contributed by atoms with van der Waals surface area (Å²) in [6.45, 7) is 9.70. The van der Waals surface area contributed by atoms with Gasteiger partial charge in [0.2, 0.25) is 0 Å². The lowest BCUT2D eigenvalue weighted by molar-refractivity contribution is -0.151. The third-order valence-corrected chi connectivity index (χ3v) is 5.99. The van der Waals surface area contributed by atoms with Crippen molar-refractivity contribution < 1.29 is 28.6 Å². The van der Waals surface area contributed by atoms with Crippen molar-refractivity contribution in [2.75, 3.05) is 13.7 Å². The third kappa shape index (κ3) is 4.82. The van der Waals surface area contributed by atoms with E-state index in [0.29, 0.717) is 41.0 Å². The molecule has 178 valence electrons. The molecule has 0 fully saturated rings. The first kappa shape index (κ1) is 24.6. The van der Waals surface area contributed by atoms with Gasteiger partial charge in [0.15, 0.2) is 5.78 Å². The number of ketones is 1. The van der Waals surface area contributed by atoms with Gasteiger partial charge in [0.05, 0.1) is 31.3 Å². The third-order valence-electron chi connectivity index (χ3n) is 5.99. The van der Waals surface area contributed by atoms with Crippen LogP contribution in [0.5, 0.6) is 5.75 Å². The number of esters is 2. The molecular formula is C26H33NO6. The van der Waals surface area contributed by atoms with Crippen LogP contribution >= 0.6 is 0 Å². The van der Waals surface area contributed by atoms with Crippen LogP contribution in [0.3, 0.4) is 0 Å². The average molecular weight is 456 g/mol. The predicted octanol–water partition coefficient (Wildman–Crippen LogP) is 4.04. The molecule has 1 aromatic carbocycles. The highest BCUT2D eigenvalue weighted by Crippen LogP contribution is 2.47. The number of Topliss-reactive ketones (excluding diaryl/α,β-unsaturated/α-hetero) is 1. The summed E-state index contributed by atoms with van der Waals surface area (Å²) < 4.78 is 16.5. The van der Waals surface area contributed by atoms with Crippen molar-refractivity contribution in [1.82, 2.24) is 5.32 Å². The standard InChI is InChI=1S/C26H33NO6/c1-7-12-32-26(30)21-16(5)27-18-13-15(4)20(25(29)31-6)24(28)23(18)22(21)17-10-8-9-11-19(17)33-14(2)3/h8-11,14-15,20,22,27H,7,12-13H2,1-6H3/t15-,20-,22-/m1/s1. The normalized spacial score (nSPS) is 22.6. The van der Waals surface area contributed by atoms with Crippen molar-refractivity contribution in [3.8, 4) is 5.75 Å². The fourth-order valence-electron chi connectivity index (χ4n) is 4.61. The lowest BCUT2D eigenvalue weighted by Crippen LogP contribution is -2.43. The Hall–Kier alpha value is -3.09. The number of carbonyl (C=O) groups is 3. The number of ether oxygens (including phenoxy) is 3. The van der Waals surface area contributed by atoms with Crippen molar-refractivity contribution >= 4 is 17.7 Å². The summed E-state index contributed by atoms with van der Waals surface area (Å²) in [4.78, 5) is 39.5. The minimum Gasteiger partial charge on any atom is -0.491 e. The zero-order valence-corrected chi connectivity index (χ0v) is 20.2. The van der Waals surface area contributed by atoms with E-state index in [4.69, 9.17) is 14.2 Å². The number of methoxy groups -OCH3 is 1. The highest BCUT2D eigenvalue weighted by Gasteiger charge is 2.47. The van der Waals surface area contributed by atoms with E-state index in [2.05, 4.69) is 5.32 Å². The van der Waals surface area contributed by atoms with Gasteiger partial charge in [-0.3, -0.25) is 9.59 Å². The van der Waals surface area contributed by atoms with Gasteiger partial charge in [0.1, 0.15) is 11.7 Å². The molecule has 0 spiro atoms. The molecule has 0 saturated heterocycles. The second-order valence-electron chi connectivity index (χ2n) is 8.88. The van der Waals surface area contributed by atoms with Crippen molar-refractivity contribution in [2.24, 2.45) is 11.8 Å². The zero-order chi connectivity index (χ0) is 24.3. The van der Waals surface area contributed by atoms with Crippen molar-refractivity contribution in [2.45, 2.75) is 59.5 Å². The molecule has 0 amide bonds. The number of rotatable bonds is 7. The molecule has 2 aliphatic rings. The maximum atomic E-state index is 13.8. The molecule has 0 bridgehead atoms. The van der Waals surface area contributed by atoms with Crippen LogP contribution in [-0.4, -0.2) is 37.5 Å². The van der Waals surface area contributed by atoms with Crippen LogP contribution in [0.2, 0.25) is 0 Å². The first-order chi connectivity index (χ1) is 15.7. The Morgan fingerprint density at radius 2 is 1.91 bits per heavy atom. The number of carbonyl (C=O) groups excluding carboxylic acids is 3. The second kappa shape index (κ2) is 10.2. The highest BCUT2D eigenvalue weighted by atomic mass is 16.5. The molecule has 1 aromatic rings. The zero-order valence-electron chi connectivity index (χ0n) is 20.2. The first-order valence-electron chi connectivity index (χ1n) is 11.5. The molecule has 7 heteroatoms. The van der Waals surface area contributed by atoms with Crippen molar-refractivity contribution in [3.63, 3.8) is 0 Å². The van der Waals surface area contributed by atoms with E-state index in [1.165, 1.54) is 7.11 Å². The molecule has 1 aliphatic heterocycles. The van der Waals surface area contributed by atoms with E-state index in [1.807, 2.05) is 58.9 Å². The maximum Gasteiger partial charge on any atom is 0.336 e. The van der Waals surface area contributed by atoms with Gasteiger partial charge in [-0.25, -0.2) is 4.79 Å². The van der Waals surface area contributed by atoms with Gasteiger partial charge < -0.3 is 19.5 Å². The van der Waals surface area contributed by atoms with Crippen LogP contribution in [0.4, 0.5) is 0 Å². The monoisotopic (exact) mass is 455 g/mol. The molecule has 0 unspecified atom stereocenters. The SMILES string of the molecule is CCCOC(=O)C1=C(C)NC2=C(C(=O)[C@H](C(=O)OC)[C@H](C)C2)[C@@H]1c1ccccc1OC(C)C. The molecule has 0 radical (unpaired) electrons. The van der Waals surface area contributed by atoms with Crippen LogP contribution in [0.1, 0.15) is 58.9 Å². The minimum atomic E-state index is -0.928. The van der Waals surface area contributed by atoms with Crippen LogP contribution in [-0.2, 0) is 23.9 Å². The maximum absolute atomic E-state index is 13.8. The van der Waals surface area contributed by atoms with Gasteiger partial charge in [0, 0.05) is 22.5 Å². The number of dihydropyridines is 1. The first-order valence-corrected chi connectivity index (χ1v) is 11.5. The van der Waals surface area contributed by atoms with Gasteiger partial charge >= 0.3 is 11.9 Å². The van der Waals surface area contributed by atoms with Crippen LogP contribution < -0.4 is 10.1 Å².